The number of hydrogen-bond donors (Lipinski definition) is 0. The van der Waals surface area contributed by atoms with Gasteiger partial charge in [-0.15, -0.1) is 11.3 Å². The monoisotopic (exact) mass is 426 g/mol. The van der Waals surface area contributed by atoms with Gasteiger partial charge in [0.05, 0.1) is 30.1 Å². The summed E-state index contributed by atoms with van der Waals surface area (Å²) in [5.41, 5.74) is 3.76. The summed E-state index contributed by atoms with van der Waals surface area (Å²) in [6.07, 6.45) is 1.84. The molecule has 0 fully saturated rings. The molecule has 29 heavy (non-hydrogen) atoms. The van der Waals surface area contributed by atoms with Crippen LogP contribution >= 0.6 is 22.9 Å². The van der Waals surface area contributed by atoms with Crippen LogP contribution in [0.25, 0.3) is 28.1 Å². The summed E-state index contributed by atoms with van der Waals surface area (Å²) in [4.78, 5) is 8.82. The first-order valence-corrected chi connectivity index (χ1v) is 10.0. The van der Waals surface area contributed by atoms with Gasteiger partial charge in [0.25, 0.3) is 0 Å². The summed E-state index contributed by atoms with van der Waals surface area (Å²) in [6.45, 7) is 2.23. The van der Waals surface area contributed by atoms with Crippen LogP contribution < -0.4 is 9.47 Å². The summed E-state index contributed by atoms with van der Waals surface area (Å²) < 4.78 is 19.7. The molecule has 4 aromatic heterocycles. The van der Waals surface area contributed by atoms with E-state index in [2.05, 4.69) is 15.1 Å². The van der Waals surface area contributed by atoms with E-state index in [0.29, 0.717) is 39.6 Å². The van der Waals surface area contributed by atoms with Crippen LogP contribution in [0.4, 0.5) is 0 Å². The van der Waals surface area contributed by atoms with Crippen molar-refractivity contribution in [3.05, 3.63) is 57.8 Å². The SMILES string of the molecule is COc1cc(OCc2csc(Cl)n2)c2cc(-c3cn4nc(C)ccc4n3)oc2c1. The molecule has 0 aliphatic heterocycles. The number of thiazole rings is 1. The second-order valence-electron chi connectivity index (χ2n) is 6.43. The van der Waals surface area contributed by atoms with Crippen LogP contribution in [0.2, 0.25) is 4.47 Å². The van der Waals surface area contributed by atoms with Crippen molar-refractivity contribution in [2.24, 2.45) is 0 Å². The van der Waals surface area contributed by atoms with Gasteiger partial charge < -0.3 is 13.9 Å². The summed E-state index contributed by atoms with van der Waals surface area (Å²) in [5, 5.41) is 7.13. The van der Waals surface area contributed by atoms with Crippen molar-refractivity contribution in [2.75, 3.05) is 7.11 Å². The van der Waals surface area contributed by atoms with Crippen molar-refractivity contribution < 1.29 is 13.9 Å². The fourth-order valence-electron chi connectivity index (χ4n) is 3.04. The molecule has 9 heteroatoms. The Hall–Kier alpha value is -3.10. The lowest BCUT2D eigenvalue weighted by Gasteiger charge is -2.07. The minimum Gasteiger partial charge on any atom is -0.496 e. The normalized spacial score (nSPS) is 11.4. The number of aromatic nitrogens is 4. The number of aryl methyl sites for hydroxylation is 1. The zero-order valence-electron chi connectivity index (χ0n) is 15.5. The van der Waals surface area contributed by atoms with Crippen molar-refractivity contribution in [3.63, 3.8) is 0 Å². The van der Waals surface area contributed by atoms with Crippen LogP contribution in [-0.2, 0) is 6.61 Å². The van der Waals surface area contributed by atoms with E-state index in [0.717, 1.165) is 22.4 Å². The van der Waals surface area contributed by atoms with Crippen LogP contribution in [0.5, 0.6) is 11.5 Å². The van der Waals surface area contributed by atoms with Crippen molar-refractivity contribution in [1.29, 1.82) is 0 Å². The van der Waals surface area contributed by atoms with Gasteiger partial charge >= 0.3 is 0 Å². The molecule has 0 radical (unpaired) electrons. The first-order valence-electron chi connectivity index (χ1n) is 8.77. The minimum absolute atomic E-state index is 0.295. The van der Waals surface area contributed by atoms with Crippen LogP contribution in [-0.4, -0.2) is 26.7 Å². The van der Waals surface area contributed by atoms with Gasteiger partial charge in [-0.05, 0) is 25.1 Å². The van der Waals surface area contributed by atoms with Gasteiger partial charge in [0.15, 0.2) is 15.9 Å². The number of benzene rings is 1. The molecule has 0 saturated carbocycles. The highest BCUT2D eigenvalue weighted by Gasteiger charge is 2.16. The predicted octanol–water partition coefficient (Wildman–Crippen LogP) is 5.15. The smallest absolute Gasteiger partial charge is 0.183 e. The molecule has 0 spiro atoms. The van der Waals surface area contributed by atoms with Gasteiger partial charge in [0.2, 0.25) is 0 Å². The number of ether oxygens (including phenoxy) is 2. The number of hydrogen-bond acceptors (Lipinski definition) is 7. The molecule has 7 nitrogen and oxygen atoms in total. The van der Waals surface area contributed by atoms with Gasteiger partial charge in [0.1, 0.15) is 29.4 Å². The van der Waals surface area contributed by atoms with Gasteiger partial charge in [-0.1, -0.05) is 11.6 Å². The third-order valence-corrected chi connectivity index (χ3v) is 5.44. The Kier molecular flexibility index (Phi) is 4.37. The molecule has 4 heterocycles. The number of imidazole rings is 1. The first-order chi connectivity index (χ1) is 14.1. The Labute approximate surface area is 174 Å². The highest BCUT2D eigenvalue weighted by molar-refractivity contribution is 7.13. The number of furan rings is 1. The molecular weight excluding hydrogens is 412 g/mol. The quantitative estimate of drug-likeness (QED) is 0.387. The maximum atomic E-state index is 6.05. The number of halogens is 1. The molecule has 0 N–H and O–H groups in total. The number of nitrogens with zero attached hydrogens (tertiary/aromatic N) is 4. The zero-order chi connectivity index (χ0) is 20.0. The molecule has 0 saturated heterocycles. The highest BCUT2D eigenvalue weighted by Crippen LogP contribution is 2.37. The van der Waals surface area contributed by atoms with E-state index in [9.17, 15) is 0 Å². The standard InChI is InChI=1S/C20H15ClN4O3S/c1-11-3-4-19-23-15(8-25(19)24-11)18-7-14-16(5-13(26-2)6-17(14)28-18)27-9-12-10-29-20(21)22-12/h3-8,10H,9H2,1-2H3. The van der Waals surface area contributed by atoms with Crippen molar-refractivity contribution in [1.82, 2.24) is 19.6 Å². The lowest BCUT2D eigenvalue weighted by Crippen LogP contribution is -1.96. The van der Waals surface area contributed by atoms with E-state index < -0.39 is 0 Å². The Morgan fingerprint density at radius 2 is 2.10 bits per heavy atom. The Bertz CT molecular complexity index is 1340. The van der Waals surface area contributed by atoms with Crippen LogP contribution in [0.1, 0.15) is 11.4 Å². The van der Waals surface area contributed by atoms with Gasteiger partial charge in [0, 0.05) is 17.5 Å². The van der Waals surface area contributed by atoms with E-state index in [1.165, 1.54) is 11.3 Å². The summed E-state index contributed by atoms with van der Waals surface area (Å²) >= 11 is 7.27. The Morgan fingerprint density at radius 1 is 1.21 bits per heavy atom. The number of rotatable bonds is 5. The van der Waals surface area contributed by atoms with Crippen LogP contribution in [0.15, 0.2) is 46.3 Å². The van der Waals surface area contributed by atoms with Gasteiger partial charge in [-0.25, -0.2) is 14.5 Å². The fraction of sp³-hybridized carbons (Fsp3) is 0.150. The first kappa shape index (κ1) is 18.0. The van der Waals surface area contributed by atoms with Crippen LogP contribution in [0, 0.1) is 6.92 Å². The maximum absolute atomic E-state index is 6.05. The lowest BCUT2D eigenvalue weighted by molar-refractivity contribution is 0.303. The molecule has 0 amide bonds. The molecule has 1 aromatic carbocycles. The maximum Gasteiger partial charge on any atom is 0.183 e. The Balaban J connectivity index is 1.55. The molecule has 0 aliphatic carbocycles. The van der Waals surface area contributed by atoms with Crippen LogP contribution in [0.3, 0.4) is 0 Å². The molecule has 0 aliphatic rings. The second kappa shape index (κ2) is 7.06. The van der Waals surface area contributed by atoms with E-state index in [1.54, 1.807) is 11.6 Å². The second-order valence-corrected chi connectivity index (χ2v) is 7.87. The largest absolute Gasteiger partial charge is 0.496 e. The van der Waals surface area contributed by atoms with Gasteiger partial charge in [-0.2, -0.15) is 5.10 Å². The van der Waals surface area contributed by atoms with E-state index in [4.69, 9.17) is 25.5 Å². The fourth-order valence-corrected chi connectivity index (χ4v) is 3.81. The molecule has 0 atom stereocenters. The predicted molar refractivity (Wildman–Crippen MR) is 111 cm³/mol. The number of methoxy groups -OCH3 is 1. The van der Waals surface area contributed by atoms with E-state index >= 15 is 0 Å². The van der Waals surface area contributed by atoms with E-state index in [1.807, 2.05) is 48.8 Å². The third-order valence-electron chi connectivity index (χ3n) is 4.41. The topological polar surface area (TPSA) is 74.7 Å². The molecule has 0 unspecified atom stereocenters. The number of fused-ring (bicyclic) bond motifs is 2. The zero-order valence-corrected chi connectivity index (χ0v) is 17.1. The molecule has 5 aromatic rings. The summed E-state index contributed by atoms with van der Waals surface area (Å²) in [6, 6.07) is 9.40. The van der Waals surface area contributed by atoms with Gasteiger partial charge in [-0.3, -0.25) is 0 Å². The average molecular weight is 427 g/mol. The molecule has 146 valence electrons. The van der Waals surface area contributed by atoms with E-state index in [-0.39, 0.29) is 0 Å². The summed E-state index contributed by atoms with van der Waals surface area (Å²) in [5.74, 6) is 1.89. The van der Waals surface area contributed by atoms with Crippen molar-refractivity contribution in [3.8, 4) is 23.0 Å². The van der Waals surface area contributed by atoms with Crippen molar-refractivity contribution in [2.45, 2.75) is 13.5 Å². The van der Waals surface area contributed by atoms with Crippen molar-refractivity contribution >= 4 is 39.6 Å². The third kappa shape index (κ3) is 3.41. The molecule has 5 rings (SSSR count). The Morgan fingerprint density at radius 3 is 2.90 bits per heavy atom. The lowest BCUT2D eigenvalue weighted by atomic mass is 10.2. The highest BCUT2D eigenvalue weighted by atomic mass is 35.5. The molecule has 0 bridgehead atoms. The summed E-state index contributed by atoms with van der Waals surface area (Å²) in [7, 11) is 1.60. The minimum atomic E-state index is 0.295. The molecular formula is C20H15ClN4O3S. The average Bonchev–Trinajstić information content (AvgIpc) is 3.42.